The van der Waals surface area contributed by atoms with Gasteiger partial charge >= 0.3 is 0 Å². The van der Waals surface area contributed by atoms with Crippen LogP contribution in [0.15, 0.2) is 24.3 Å². The number of hydrogen-bond acceptors (Lipinski definition) is 3. The van der Waals surface area contributed by atoms with Crippen molar-refractivity contribution in [3.63, 3.8) is 0 Å². The van der Waals surface area contributed by atoms with Crippen molar-refractivity contribution in [2.75, 3.05) is 24.2 Å². The molecular formula is C15H20N2O2S. The van der Waals surface area contributed by atoms with Gasteiger partial charge in [0.15, 0.2) is 0 Å². The number of anilines is 1. The van der Waals surface area contributed by atoms with Crippen LogP contribution >= 0.6 is 11.8 Å². The van der Waals surface area contributed by atoms with Gasteiger partial charge in [-0.3, -0.25) is 9.59 Å². The van der Waals surface area contributed by atoms with Crippen LogP contribution in [0.25, 0.3) is 0 Å². The maximum atomic E-state index is 12.1. The minimum absolute atomic E-state index is 0.00430. The van der Waals surface area contributed by atoms with Crippen molar-refractivity contribution in [1.82, 2.24) is 4.90 Å². The van der Waals surface area contributed by atoms with E-state index < -0.39 is 0 Å². The fourth-order valence-corrected chi connectivity index (χ4v) is 3.02. The quantitative estimate of drug-likeness (QED) is 0.906. The van der Waals surface area contributed by atoms with E-state index in [-0.39, 0.29) is 17.7 Å². The molecule has 0 unspecified atom stereocenters. The number of carbonyl (C=O) groups is 2. The fraction of sp³-hybridized carbons (Fsp3) is 0.467. The highest BCUT2D eigenvalue weighted by molar-refractivity contribution is 8.13. The first kappa shape index (κ1) is 14.9. The normalized spacial score (nSPS) is 16.3. The van der Waals surface area contributed by atoms with Gasteiger partial charge in [-0.1, -0.05) is 43.8 Å². The van der Waals surface area contributed by atoms with Crippen LogP contribution in [-0.4, -0.2) is 34.9 Å². The molecule has 1 aliphatic rings. The third-order valence-corrected chi connectivity index (χ3v) is 4.45. The zero-order valence-electron chi connectivity index (χ0n) is 11.9. The van der Waals surface area contributed by atoms with Gasteiger partial charge in [0.2, 0.25) is 5.91 Å². The van der Waals surface area contributed by atoms with Gasteiger partial charge in [-0.05, 0) is 24.0 Å². The summed E-state index contributed by atoms with van der Waals surface area (Å²) in [5.41, 5.74) is 2.00. The molecule has 1 aromatic carbocycles. The lowest BCUT2D eigenvalue weighted by Crippen LogP contribution is -2.33. The Kier molecular flexibility index (Phi) is 5.06. The van der Waals surface area contributed by atoms with Crippen LogP contribution < -0.4 is 5.32 Å². The second-order valence-electron chi connectivity index (χ2n) is 4.98. The molecule has 0 radical (unpaired) electrons. The molecule has 0 aromatic heterocycles. The van der Waals surface area contributed by atoms with Crippen molar-refractivity contribution < 1.29 is 9.59 Å². The minimum atomic E-state index is -0.128. The third kappa shape index (κ3) is 3.54. The number of benzene rings is 1. The Balaban J connectivity index is 2.02. The molecule has 1 fully saturated rings. The Morgan fingerprint density at radius 3 is 2.85 bits per heavy atom. The topological polar surface area (TPSA) is 49.4 Å². The van der Waals surface area contributed by atoms with Crippen LogP contribution in [-0.2, 0) is 4.79 Å². The Hall–Kier alpha value is -1.49. The van der Waals surface area contributed by atoms with Gasteiger partial charge in [-0.2, -0.15) is 0 Å². The van der Waals surface area contributed by atoms with Crippen molar-refractivity contribution in [3.8, 4) is 0 Å². The summed E-state index contributed by atoms with van der Waals surface area (Å²) in [7, 11) is 0. The summed E-state index contributed by atoms with van der Waals surface area (Å²) in [4.78, 5) is 25.1. The summed E-state index contributed by atoms with van der Waals surface area (Å²) < 4.78 is 0. The number of amides is 2. The molecule has 2 rings (SSSR count). The smallest absolute Gasteiger partial charge is 0.282 e. The highest BCUT2D eigenvalue weighted by atomic mass is 32.2. The molecule has 1 heterocycles. The number of nitrogens with one attached hydrogen (secondary N) is 1. The maximum Gasteiger partial charge on any atom is 0.282 e. The van der Waals surface area contributed by atoms with Gasteiger partial charge < -0.3 is 10.2 Å². The minimum Gasteiger partial charge on any atom is -0.324 e. The molecule has 0 saturated carbocycles. The SMILES string of the molecule is CC[C@H](C)c1ccccc1NC(=O)CN1CCSC1=O. The molecule has 1 saturated heterocycles. The van der Waals surface area contributed by atoms with E-state index >= 15 is 0 Å². The molecule has 4 nitrogen and oxygen atoms in total. The molecule has 5 heteroatoms. The van der Waals surface area contributed by atoms with Gasteiger partial charge in [0.05, 0.1) is 0 Å². The van der Waals surface area contributed by atoms with Crippen molar-refractivity contribution in [2.45, 2.75) is 26.2 Å². The second kappa shape index (κ2) is 6.79. The summed E-state index contributed by atoms with van der Waals surface area (Å²) >= 11 is 1.27. The van der Waals surface area contributed by atoms with Crippen LogP contribution in [0.3, 0.4) is 0 Å². The van der Waals surface area contributed by atoms with Gasteiger partial charge in [0.25, 0.3) is 5.24 Å². The van der Waals surface area contributed by atoms with Gasteiger partial charge in [-0.15, -0.1) is 0 Å². The zero-order valence-corrected chi connectivity index (χ0v) is 12.7. The summed E-state index contributed by atoms with van der Waals surface area (Å²) in [6.45, 7) is 5.07. The molecule has 0 bridgehead atoms. The number of nitrogens with zero attached hydrogens (tertiary/aromatic N) is 1. The molecule has 108 valence electrons. The first-order valence-corrected chi connectivity index (χ1v) is 7.90. The monoisotopic (exact) mass is 292 g/mol. The number of para-hydroxylation sites is 1. The van der Waals surface area contributed by atoms with E-state index in [1.807, 2.05) is 24.3 Å². The van der Waals surface area contributed by atoms with Gasteiger partial charge in [0, 0.05) is 18.0 Å². The maximum absolute atomic E-state index is 12.1. The molecule has 0 spiro atoms. The predicted molar refractivity (Wildman–Crippen MR) is 83.2 cm³/mol. The summed E-state index contributed by atoms with van der Waals surface area (Å²) in [5.74, 6) is 1.04. The van der Waals surface area contributed by atoms with E-state index in [9.17, 15) is 9.59 Å². The largest absolute Gasteiger partial charge is 0.324 e. The van der Waals surface area contributed by atoms with Crippen molar-refractivity contribution in [2.24, 2.45) is 0 Å². The highest BCUT2D eigenvalue weighted by Gasteiger charge is 2.23. The zero-order chi connectivity index (χ0) is 14.5. The summed E-state index contributed by atoms with van der Waals surface area (Å²) in [6, 6.07) is 7.86. The standard InChI is InChI=1S/C15H20N2O2S/c1-3-11(2)12-6-4-5-7-13(12)16-14(18)10-17-8-9-20-15(17)19/h4-7,11H,3,8-10H2,1-2H3,(H,16,18)/t11-/m0/s1. The highest BCUT2D eigenvalue weighted by Crippen LogP contribution is 2.26. The number of carbonyl (C=O) groups excluding carboxylic acids is 2. The lowest BCUT2D eigenvalue weighted by Gasteiger charge is -2.18. The van der Waals surface area contributed by atoms with E-state index in [0.29, 0.717) is 12.5 Å². The van der Waals surface area contributed by atoms with E-state index in [2.05, 4.69) is 19.2 Å². The molecule has 20 heavy (non-hydrogen) atoms. The number of hydrogen-bond donors (Lipinski definition) is 1. The third-order valence-electron chi connectivity index (χ3n) is 3.56. The molecule has 0 aliphatic carbocycles. The van der Waals surface area contributed by atoms with Crippen LogP contribution in [0.4, 0.5) is 10.5 Å². The second-order valence-corrected chi connectivity index (χ2v) is 6.03. The van der Waals surface area contributed by atoms with Gasteiger partial charge in [-0.25, -0.2) is 0 Å². The first-order chi connectivity index (χ1) is 9.61. The van der Waals surface area contributed by atoms with E-state index in [4.69, 9.17) is 0 Å². The average Bonchev–Trinajstić information content (AvgIpc) is 2.84. The Bertz CT molecular complexity index is 504. The Morgan fingerprint density at radius 2 is 2.20 bits per heavy atom. The predicted octanol–water partition coefficient (Wildman–Crippen LogP) is 3.31. The molecular weight excluding hydrogens is 272 g/mol. The number of thioether (sulfide) groups is 1. The van der Waals surface area contributed by atoms with Crippen molar-refractivity contribution >= 4 is 28.6 Å². The van der Waals surface area contributed by atoms with Gasteiger partial charge in [0.1, 0.15) is 6.54 Å². The molecule has 2 amide bonds. The van der Waals surface area contributed by atoms with E-state index in [1.165, 1.54) is 11.8 Å². The first-order valence-electron chi connectivity index (χ1n) is 6.92. The van der Waals surface area contributed by atoms with Crippen molar-refractivity contribution in [1.29, 1.82) is 0 Å². The van der Waals surface area contributed by atoms with Crippen molar-refractivity contribution in [3.05, 3.63) is 29.8 Å². The van der Waals surface area contributed by atoms with Crippen LogP contribution in [0, 0.1) is 0 Å². The molecule has 1 atom stereocenters. The lowest BCUT2D eigenvalue weighted by molar-refractivity contribution is -0.116. The molecule has 1 aromatic rings. The summed E-state index contributed by atoms with van der Waals surface area (Å²) in [6.07, 6.45) is 1.02. The fourth-order valence-electron chi connectivity index (χ4n) is 2.19. The van der Waals surface area contributed by atoms with Crippen LogP contribution in [0.1, 0.15) is 31.7 Å². The van der Waals surface area contributed by atoms with E-state index in [0.717, 1.165) is 23.4 Å². The summed E-state index contributed by atoms with van der Waals surface area (Å²) in [5, 5.41) is 2.93. The Labute approximate surface area is 123 Å². The Morgan fingerprint density at radius 1 is 1.45 bits per heavy atom. The van der Waals surface area contributed by atoms with Crippen LogP contribution in [0.5, 0.6) is 0 Å². The van der Waals surface area contributed by atoms with Crippen LogP contribution in [0.2, 0.25) is 0 Å². The number of rotatable bonds is 5. The molecule has 1 N–H and O–H groups in total. The molecule has 1 aliphatic heterocycles. The lowest BCUT2D eigenvalue weighted by atomic mass is 9.97. The van der Waals surface area contributed by atoms with E-state index in [1.54, 1.807) is 4.90 Å². The average molecular weight is 292 g/mol.